The van der Waals surface area contributed by atoms with Gasteiger partial charge in [-0.1, -0.05) is 0 Å². The smallest absolute Gasteiger partial charge is 0.198 e. The number of rotatable bonds is 3. The summed E-state index contributed by atoms with van der Waals surface area (Å²) in [4.78, 5) is 0. The lowest BCUT2D eigenvalue weighted by molar-refractivity contribution is 0.280. The molecule has 1 aromatic heterocycles. The monoisotopic (exact) mass is 175 g/mol. The van der Waals surface area contributed by atoms with Crippen molar-refractivity contribution in [2.45, 2.75) is 13.0 Å². The Balaban J connectivity index is 2.77. The maximum absolute atomic E-state index is 8.72. The van der Waals surface area contributed by atoms with Gasteiger partial charge in [0, 0.05) is 12.0 Å². The number of aliphatic hydroxyl groups is 1. The Hall–Kier alpha value is -0.510. The first kappa shape index (κ1) is 8.59. The first-order valence-electron chi connectivity index (χ1n) is 3.36. The molecule has 0 aliphatic rings. The molecule has 0 aromatic carbocycles. The summed E-state index contributed by atoms with van der Waals surface area (Å²) in [6.45, 7) is 0.432. The van der Waals surface area contributed by atoms with Crippen molar-refractivity contribution < 1.29 is 9.52 Å². The molecule has 1 aromatic rings. The highest BCUT2D eigenvalue weighted by atomic mass is 35.5. The number of nitrogens with two attached hydrogens (primary N) is 1. The number of hydrogen-bond donors (Lipinski definition) is 2. The van der Waals surface area contributed by atoms with E-state index in [9.17, 15) is 0 Å². The van der Waals surface area contributed by atoms with Gasteiger partial charge < -0.3 is 15.3 Å². The van der Waals surface area contributed by atoms with Crippen molar-refractivity contribution in [3.8, 4) is 0 Å². The van der Waals surface area contributed by atoms with E-state index in [1.54, 1.807) is 6.07 Å². The molecule has 0 fully saturated rings. The van der Waals surface area contributed by atoms with Gasteiger partial charge in [-0.2, -0.15) is 0 Å². The van der Waals surface area contributed by atoms with Crippen molar-refractivity contribution in [1.29, 1.82) is 0 Å². The number of furan rings is 1. The van der Waals surface area contributed by atoms with E-state index in [1.165, 1.54) is 0 Å². The summed E-state index contributed by atoms with van der Waals surface area (Å²) in [5.74, 6) is 0.724. The van der Waals surface area contributed by atoms with Crippen molar-refractivity contribution in [2.75, 3.05) is 6.54 Å². The molecule has 3 N–H and O–H groups in total. The van der Waals surface area contributed by atoms with Crippen LogP contribution in [0.1, 0.15) is 11.3 Å². The van der Waals surface area contributed by atoms with Crippen molar-refractivity contribution in [2.24, 2.45) is 5.73 Å². The van der Waals surface area contributed by atoms with Gasteiger partial charge in [-0.05, 0) is 24.2 Å². The van der Waals surface area contributed by atoms with Crippen LogP contribution in [0.2, 0.25) is 5.22 Å². The fraction of sp³-hybridized carbons (Fsp3) is 0.429. The van der Waals surface area contributed by atoms with E-state index in [0.29, 0.717) is 18.5 Å². The maximum Gasteiger partial charge on any atom is 0.198 e. The summed E-state index contributed by atoms with van der Waals surface area (Å²) in [5.41, 5.74) is 5.92. The molecule has 0 atom stereocenters. The molecule has 3 nitrogen and oxygen atoms in total. The van der Waals surface area contributed by atoms with Crippen molar-refractivity contribution in [3.63, 3.8) is 0 Å². The Kier molecular flexibility index (Phi) is 2.93. The van der Waals surface area contributed by atoms with E-state index in [0.717, 1.165) is 5.76 Å². The molecular formula is C7H10ClNO2. The molecule has 0 radical (unpaired) electrons. The van der Waals surface area contributed by atoms with Gasteiger partial charge in [0.2, 0.25) is 0 Å². The summed E-state index contributed by atoms with van der Waals surface area (Å²) >= 11 is 5.61. The van der Waals surface area contributed by atoms with Gasteiger partial charge in [0.05, 0.1) is 6.61 Å². The number of hydrogen-bond acceptors (Lipinski definition) is 3. The largest absolute Gasteiger partial charge is 0.449 e. The average molecular weight is 176 g/mol. The molecule has 0 saturated heterocycles. The lowest BCUT2D eigenvalue weighted by Crippen LogP contribution is -2.01. The van der Waals surface area contributed by atoms with Crippen LogP contribution >= 0.6 is 11.6 Å². The minimum absolute atomic E-state index is 0.0904. The van der Waals surface area contributed by atoms with E-state index in [1.807, 2.05) is 0 Å². The lowest BCUT2D eigenvalue weighted by atomic mass is 10.3. The molecule has 1 heterocycles. The zero-order valence-electron chi connectivity index (χ0n) is 6.01. The fourth-order valence-electron chi connectivity index (χ4n) is 0.834. The third-order valence-corrected chi connectivity index (χ3v) is 1.69. The molecule has 0 unspecified atom stereocenters. The van der Waals surface area contributed by atoms with Gasteiger partial charge in [-0.15, -0.1) is 0 Å². The fourth-order valence-corrected chi connectivity index (χ4v) is 1.05. The van der Waals surface area contributed by atoms with Gasteiger partial charge in [-0.25, -0.2) is 0 Å². The second-order valence-corrected chi connectivity index (χ2v) is 2.55. The van der Waals surface area contributed by atoms with Gasteiger partial charge in [0.1, 0.15) is 5.76 Å². The summed E-state index contributed by atoms with van der Waals surface area (Å²) in [5, 5.41) is 8.98. The molecule has 0 bridgehead atoms. The Morgan fingerprint density at radius 3 is 2.82 bits per heavy atom. The van der Waals surface area contributed by atoms with Crippen LogP contribution in [0.4, 0.5) is 0 Å². The van der Waals surface area contributed by atoms with Crippen molar-refractivity contribution in [1.82, 2.24) is 0 Å². The molecule has 62 valence electrons. The van der Waals surface area contributed by atoms with Gasteiger partial charge in [0.25, 0.3) is 0 Å². The summed E-state index contributed by atoms with van der Waals surface area (Å²) in [6, 6.07) is 1.72. The second-order valence-electron chi connectivity index (χ2n) is 2.21. The van der Waals surface area contributed by atoms with Crippen LogP contribution in [0.3, 0.4) is 0 Å². The Labute approximate surface area is 69.8 Å². The molecule has 11 heavy (non-hydrogen) atoms. The van der Waals surface area contributed by atoms with Crippen LogP contribution in [0, 0.1) is 0 Å². The second kappa shape index (κ2) is 3.76. The van der Waals surface area contributed by atoms with Crippen LogP contribution in [-0.2, 0) is 13.0 Å². The highest BCUT2D eigenvalue weighted by molar-refractivity contribution is 6.29. The highest BCUT2D eigenvalue weighted by Crippen LogP contribution is 2.20. The molecule has 0 spiro atoms. The van der Waals surface area contributed by atoms with E-state index in [4.69, 9.17) is 26.9 Å². The highest BCUT2D eigenvalue weighted by Gasteiger charge is 2.06. The first-order chi connectivity index (χ1) is 5.27. The Morgan fingerprint density at radius 2 is 2.36 bits per heavy atom. The van der Waals surface area contributed by atoms with Crippen molar-refractivity contribution >= 4 is 11.6 Å². The Bertz CT molecular complexity index is 234. The van der Waals surface area contributed by atoms with E-state index < -0.39 is 0 Å². The van der Waals surface area contributed by atoms with Crippen LogP contribution in [0.15, 0.2) is 10.5 Å². The number of halogens is 1. The normalized spacial score (nSPS) is 10.5. The molecule has 0 aliphatic heterocycles. The van der Waals surface area contributed by atoms with Crippen LogP contribution < -0.4 is 5.73 Å². The zero-order chi connectivity index (χ0) is 8.27. The molecular weight excluding hydrogens is 166 g/mol. The molecule has 0 aliphatic carbocycles. The molecule has 0 amide bonds. The lowest BCUT2D eigenvalue weighted by Gasteiger charge is -1.87. The SMILES string of the molecule is NCCc1cc(CO)c(Cl)o1. The third-order valence-electron chi connectivity index (χ3n) is 1.37. The van der Waals surface area contributed by atoms with E-state index in [-0.39, 0.29) is 11.8 Å². The van der Waals surface area contributed by atoms with Crippen LogP contribution in [0.5, 0.6) is 0 Å². The molecule has 0 saturated carbocycles. The van der Waals surface area contributed by atoms with Gasteiger partial charge in [-0.3, -0.25) is 0 Å². The predicted octanol–water partition coefficient (Wildman–Crippen LogP) is 0.926. The van der Waals surface area contributed by atoms with E-state index in [2.05, 4.69) is 0 Å². The summed E-state index contributed by atoms with van der Waals surface area (Å²) in [7, 11) is 0. The molecule has 4 heteroatoms. The Morgan fingerprint density at radius 1 is 1.64 bits per heavy atom. The van der Waals surface area contributed by atoms with Gasteiger partial charge in [0.15, 0.2) is 5.22 Å². The first-order valence-corrected chi connectivity index (χ1v) is 3.73. The standard InChI is InChI=1S/C7H10ClNO2/c8-7-5(4-10)3-6(11-7)1-2-9/h3,10H,1-2,4,9H2. The molecule has 1 rings (SSSR count). The summed E-state index contributed by atoms with van der Waals surface area (Å²) < 4.78 is 5.07. The average Bonchev–Trinajstić information content (AvgIpc) is 2.32. The topological polar surface area (TPSA) is 59.4 Å². The van der Waals surface area contributed by atoms with Crippen LogP contribution in [0.25, 0.3) is 0 Å². The quantitative estimate of drug-likeness (QED) is 0.719. The van der Waals surface area contributed by atoms with Crippen LogP contribution in [-0.4, -0.2) is 11.7 Å². The third kappa shape index (κ3) is 1.96. The minimum atomic E-state index is -0.0904. The van der Waals surface area contributed by atoms with Gasteiger partial charge >= 0.3 is 0 Å². The summed E-state index contributed by atoms with van der Waals surface area (Å²) in [6.07, 6.45) is 0.652. The number of aliphatic hydroxyl groups excluding tert-OH is 1. The maximum atomic E-state index is 8.72. The predicted molar refractivity (Wildman–Crippen MR) is 42.4 cm³/mol. The van der Waals surface area contributed by atoms with Crippen molar-refractivity contribution in [3.05, 3.63) is 22.6 Å². The van der Waals surface area contributed by atoms with E-state index >= 15 is 0 Å². The zero-order valence-corrected chi connectivity index (χ0v) is 6.77. The minimum Gasteiger partial charge on any atom is -0.449 e.